The molecule has 26 heavy (non-hydrogen) atoms. The van der Waals surface area contributed by atoms with E-state index in [0.29, 0.717) is 17.1 Å². The Labute approximate surface area is 158 Å². The predicted molar refractivity (Wildman–Crippen MR) is 99.0 cm³/mol. The van der Waals surface area contributed by atoms with E-state index in [1.54, 1.807) is 12.1 Å². The van der Waals surface area contributed by atoms with Gasteiger partial charge in [0.1, 0.15) is 0 Å². The highest BCUT2D eigenvalue weighted by Gasteiger charge is 2.16. The maximum Gasteiger partial charge on any atom is 0.329 e. The fourth-order valence-corrected chi connectivity index (χ4v) is 2.64. The molecule has 7 nitrogen and oxygen atoms in total. The van der Waals surface area contributed by atoms with E-state index in [-0.39, 0.29) is 13.3 Å². The molecule has 2 amide bonds. The lowest BCUT2D eigenvalue weighted by Crippen LogP contribution is -2.37. The number of rotatable bonds is 4. The summed E-state index contributed by atoms with van der Waals surface area (Å²) in [5.41, 5.74) is 4.91. The molecule has 1 heterocycles. The topological polar surface area (TPSA) is 89.0 Å². The van der Waals surface area contributed by atoms with Crippen LogP contribution in [0.1, 0.15) is 16.7 Å². The summed E-state index contributed by atoms with van der Waals surface area (Å²) < 4.78 is 11.3. The molecule has 0 fully saturated rings. The summed E-state index contributed by atoms with van der Waals surface area (Å²) in [5, 5.41) is 6.35. The molecular weight excluding hydrogens is 402 g/mol. The van der Waals surface area contributed by atoms with E-state index >= 15 is 0 Å². The van der Waals surface area contributed by atoms with Crippen LogP contribution in [0.5, 0.6) is 11.5 Å². The number of nitrogens with zero attached hydrogens (tertiary/aromatic N) is 1. The van der Waals surface area contributed by atoms with Gasteiger partial charge in [0.15, 0.2) is 11.5 Å². The summed E-state index contributed by atoms with van der Waals surface area (Å²) in [6, 6.07) is 11.1. The van der Waals surface area contributed by atoms with E-state index in [1.807, 2.05) is 31.2 Å². The molecule has 1 aliphatic heterocycles. The number of hydrogen-bond donors (Lipinski definition) is 2. The fraction of sp³-hybridized carbons (Fsp3) is 0.167. The van der Waals surface area contributed by atoms with Crippen LogP contribution >= 0.6 is 15.9 Å². The highest BCUT2D eigenvalue weighted by atomic mass is 79.9. The van der Waals surface area contributed by atoms with Gasteiger partial charge in [-0.1, -0.05) is 29.8 Å². The number of hydrazone groups is 1. The lowest BCUT2D eigenvalue weighted by Gasteiger charge is -2.05. The summed E-state index contributed by atoms with van der Waals surface area (Å²) in [4.78, 5) is 23.6. The molecular formula is C18H16BrN3O4. The second-order valence-corrected chi connectivity index (χ2v) is 6.45. The molecule has 0 unspecified atom stereocenters. The Kier molecular flexibility index (Phi) is 5.52. The standard InChI is InChI=1S/C18H16BrN3O4/c1-11-2-4-12(5-3-11)8-20-17(23)18(24)22-21-9-13-6-15-16(7-14(13)19)26-10-25-15/h2-7,9H,8,10H2,1H3,(H,20,23)(H,22,24)/b21-9-. The number of amides is 2. The number of nitrogens with one attached hydrogen (secondary N) is 2. The smallest absolute Gasteiger partial charge is 0.329 e. The first-order valence-electron chi connectivity index (χ1n) is 7.79. The largest absolute Gasteiger partial charge is 0.454 e. The Balaban J connectivity index is 1.52. The lowest BCUT2D eigenvalue weighted by molar-refractivity contribution is -0.139. The Morgan fingerprint density at radius 2 is 1.85 bits per heavy atom. The molecule has 2 aromatic carbocycles. The van der Waals surface area contributed by atoms with Crippen LogP contribution in [0.25, 0.3) is 0 Å². The van der Waals surface area contributed by atoms with Crippen LogP contribution in [0.3, 0.4) is 0 Å². The number of hydrogen-bond acceptors (Lipinski definition) is 5. The van der Waals surface area contributed by atoms with E-state index in [2.05, 4.69) is 31.8 Å². The van der Waals surface area contributed by atoms with Crippen LogP contribution in [-0.2, 0) is 16.1 Å². The summed E-state index contributed by atoms with van der Waals surface area (Å²) >= 11 is 3.38. The molecule has 0 radical (unpaired) electrons. The summed E-state index contributed by atoms with van der Waals surface area (Å²) in [6.45, 7) is 2.41. The molecule has 0 aliphatic carbocycles. The number of benzene rings is 2. The normalized spacial score (nSPS) is 12.2. The number of aryl methyl sites for hydroxylation is 1. The Morgan fingerprint density at radius 1 is 1.15 bits per heavy atom. The molecule has 2 N–H and O–H groups in total. The first-order valence-corrected chi connectivity index (χ1v) is 8.58. The quantitative estimate of drug-likeness (QED) is 0.453. The summed E-state index contributed by atoms with van der Waals surface area (Å²) in [5.74, 6) is -0.372. The summed E-state index contributed by atoms with van der Waals surface area (Å²) in [6.07, 6.45) is 1.41. The van der Waals surface area contributed by atoms with E-state index in [9.17, 15) is 9.59 Å². The molecule has 0 spiro atoms. The Bertz CT molecular complexity index is 865. The SMILES string of the molecule is Cc1ccc(CNC(=O)C(=O)N/N=C\c2cc3c(cc2Br)OCO3)cc1. The first-order chi connectivity index (χ1) is 12.5. The molecule has 0 saturated heterocycles. The maximum absolute atomic E-state index is 11.8. The van der Waals surface area contributed by atoms with Gasteiger partial charge in [0.25, 0.3) is 0 Å². The van der Waals surface area contributed by atoms with Crippen LogP contribution in [0.4, 0.5) is 0 Å². The number of carbonyl (C=O) groups excluding carboxylic acids is 2. The fourth-order valence-electron chi connectivity index (χ4n) is 2.21. The van der Waals surface area contributed by atoms with Gasteiger partial charge in [0, 0.05) is 16.6 Å². The lowest BCUT2D eigenvalue weighted by atomic mass is 10.1. The third-order valence-electron chi connectivity index (χ3n) is 3.64. The zero-order valence-electron chi connectivity index (χ0n) is 13.9. The van der Waals surface area contributed by atoms with Crippen LogP contribution in [-0.4, -0.2) is 24.8 Å². The maximum atomic E-state index is 11.8. The van der Waals surface area contributed by atoms with Crippen LogP contribution in [0.2, 0.25) is 0 Å². The average Bonchev–Trinajstić information content (AvgIpc) is 3.08. The van der Waals surface area contributed by atoms with Gasteiger partial charge in [-0.15, -0.1) is 0 Å². The number of fused-ring (bicyclic) bond motifs is 1. The molecule has 0 bridgehead atoms. The molecule has 134 valence electrons. The molecule has 1 aliphatic rings. The van der Waals surface area contributed by atoms with Crippen molar-refractivity contribution in [3.63, 3.8) is 0 Å². The molecule has 0 saturated carbocycles. The minimum Gasteiger partial charge on any atom is -0.454 e. The molecule has 0 atom stereocenters. The van der Waals surface area contributed by atoms with Crippen molar-refractivity contribution >= 4 is 34.0 Å². The Morgan fingerprint density at radius 3 is 2.58 bits per heavy atom. The van der Waals surface area contributed by atoms with Crippen LogP contribution in [0.15, 0.2) is 46.0 Å². The number of carbonyl (C=O) groups is 2. The molecule has 3 rings (SSSR count). The Hall–Kier alpha value is -2.87. The first kappa shape index (κ1) is 17.9. The minimum atomic E-state index is -0.842. The summed E-state index contributed by atoms with van der Waals surface area (Å²) in [7, 11) is 0. The average molecular weight is 418 g/mol. The van der Waals surface area contributed by atoms with Crippen molar-refractivity contribution in [2.24, 2.45) is 5.10 Å². The van der Waals surface area contributed by atoms with Crippen molar-refractivity contribution in [1.29, 1.82) is 0 Å². The predicted octanol–water partition coefficient (Wildman–Crippen LogP) is 2.25. The second kappa shape index (κ2) is 8.01. The molecule has 8 heteroatoms. The highest BCUT2D eigenvalue weighted by Crippen LogP contribution is 2.36. The number of ether oxygens (including phenoxy) is 2. The minimum absolute atomic E-state index is 0.167. The zero-order chi connectivity index (χ0) is 18.5. The van der Waals surface area contributed by atoms with Gasteiger partial charge in [-0.05, 0) is 40.5 Å². The second-order valence-electron chi connectivity index (χ2n) is 5.59. The van der Waals surface area contributed by atoms with Crippen molar-refractivity contribution in [3.8, 4) is 11.5 Å². The van der Waals surface area contributed by atoms with Crippen molar-refractivity contribution in [2.45, 2.75) is 13.5 Å². The van der Waals surface area contributed by atoms with E-state index in [1.165, 1.54) is 6.21 Å². The molecule has 0 aromatic heterocycles. The van der Waals surface area contributed by atoms with Gasteiger partial charge < -0.3 is 14.8 Å². The van der Waals surface area contributed by atoms with E-state index < -0.39 is 11.8 Å². The van der Waals surface area contributed by atoms with Crippen molar-refractivity contribution < 1.29 is 19.1 Å². The van der Waals surface area contributed by atoms with Gasteiger partial charge in [-0.3, -0.25) is 9.59 Å². The van der Waals surface area contributed by atoms with Crippen molar-refractivity contribution in [3.05, 3.63) is 57.6 Å². The van der Waals surface area contributed by atoms with Crippen LogP contribution < -0.4 is 20.2 Å². The third kappa shape index (κ3) is 4.40. The van der Waals surface area contributed by atoms with Crippen molar-refractivity contribution in [2.75, 3.05) is 6.79 Å². The van der Waals surface area contributed by atoms with Gasteiger partial charge in [0.05, 0.1) is 6.21 Å². The third-order valence-corrected chi connectivity index (χ3v) is 4.33. The van der Waals surface area contributed by atoms with Crippen LogP contribution in [0, 0.1) is 6.92 Å². The van der Waals surface area contributed by atoms with E-state index in [4.69, 9.17) is 9.47 Å². The van der Waals surface area contributed by atoms with Crippen molar-refractivity contribution in [1.82, 2.24) is 10.7 Å². The monoisotopic (exact) mass is 417 g/mol. The highest BCUT2D eigenvalue weighted by molar-refractivity contribution is 9.10. The van der Waals surface area contributed by atoms with Gasteiger partial charge in [-0.25, -0.2) is 5.43 Å². The van der Waals surface area contributed by atoms with Gasteiger partial charge >= 0.3 is 11.8 Å². The van der Waals surface area contributed by atoms with Gasteiger partial charge in [-0.2, -0.15) is 5.10 Å². The number of halogens is 1. The molecule has 2 aromatic rings. The van der Waals surface area contributed by atoms with Gasteiger partial charge in [0.2, 0.25) is 6.79 Å². The van der Waals surface area contributed by atoms with E-state index in [0.717, 1.165) is 15.6 Å². The zero-order valence-corrected chi connectivity index (χ0v) is 15.5.